The minimum Gasteiger partial charge on any atom is -0.449 e. The first-order valence-corrected chi connectivity index (χ1v) is 7.77. The number of esters is 1. The molecule has 0 saturated heterocycles. The lowest BCUT2D eigenvalue weighted by Crippen LogP contribution is -2.30. The summed E-state index contributed by atoms with van der Waals surface area (Å²) in [6.07, 6.45) is -1.03. The number of ether oxygens (including phenoxy) is 1. The van der Waals surface area contributed by atoms with Gasteiger partial charge in [-0.1, -0.05) is 22.0 Å². The van der Waals surface area contributed by atoms with Crippen molar-refractivity contribution in [1.82, 2.24) is 0 Å². The Morgan fingerprint density at radius 2 is 2.04 bits per heavy atom. The van der Waals surface area contributed by atoms with E-state index >= 15 is 0 Å². The zero-order valence-electron chi connectivity index (χ0n) is 12.7. The largest absolute Gasteiger partial charge is 0.449 e. The Bertz CT molecular complexity index is 830. The summed E-state index contributed by atoms with van der Waals surface area (Å²) in [5.41, 5.74) is 7.05. The van der Waals surface area contributed by atoms with Crippen LogP contribution in [-0.4, -0.2) is 18.0 Å². The normalized spacial score (nSPS) is 11.2. The number of nitrogen functional groups attached to an aromatic ring is 1. The lowest BCUT2D eigenvalue weighted by Gasteiger charge is -2.14. The van der Waals surface area contributed by atoms with Crippen LogP contribution in [0.4, 0.5) is 11.4 Å². The van der Waals surface area contributed by atoms with Gasteiger partial charge in [-0.3, -0.25) is 4.79 Å². The molecular weight excluding hydrogens is 374 g/mol. The number of hydrogen-bond acceptors (Lipinski definition) is 5. The van der Waals surface area contributed by atoms with E-state index in [1.54, 1.807) is 30.3 Å². The molecule has 0 aliphatic rings. The number of hydrogen-bond donors (Lipinski definition) is 2. The first-order chi connectivity index (χ1) is 11.4. The average Bonchev–Trinajstić information content (AvgIpc) is 2.57. The van der Waals surface area contributed by atoms with Gasteiger partial charge in [-0.05, 0) is 43.3 Å². The first-order valence-electron chi connectivity index (χ1n) is 6.97. The predicted octanol–water partition coefficient (Wildman–Crippen LogP) is 3.09. The van der Waals surface area contributed by atoms with Gasteiger partial charge in [-0.2, -0.15) is 5.26 Å². The van der Waals surface area contributed by atoms with E-state index in [1.165, 1.54) is 19.1 Å². The number of nitriles is 1. The van der Waals surface area contributed by atoms with Crippen molar-refractivity contribution in [2.45, 2.75) is 13.0 Å². The van der Waals surface area contributed by atoms with Gasteiger partial charge in [0, 0.05) is 15.8 Å². The molecule has 6 nitrogen and oxygen atoms in total. The number of rotatable bonds is 4. The first kappa shape index (κ1) is 17.5. The van der Waals surface area contributed by atoms with Gasteiger partial charge in [0.15, 0.2) is 6.10 Å². The van der Waals surface area contributed by atoms with Crippen molar-refractivity contribution < 1.29 is 14.3 Å². The van der Waals surface area contributed by atoms with Gasteiger partial charge in [0.1, 0.15) is 0 Å². The summed E-state index contributed by atoms with van der Waals surface area (Å²) in [5.74, 6) is -1.20. The molecule has 0 radical (unpaired) electrons. The minimum atomic E-state index is -1.03. The summed E-state index contributed by atoms with van der Waals surface area (Å²) in [7, 11) is 0. The molecule has 2 aromatic carbocycles. The van der Waals surface area contributed by atoms with Gasteiger partial charge in [0.05, 0.1) is 17.2 Å². The van der Waals surface area contributed by atoms with Crippen LogP contribution in [-0.2, 0) is 9.53 Å². The molecule has 2 aromatic rings. The number of nitrogens with one attached hydrogen (secondary N) is 1. The van der Waals surface area contributed by atoms with Crippen molar-refractivity contribution >= 4 is 39.2 Å². The van der Waals surface area contributed by atoms with Gasteiger partial charge in [0.25, 0.3) is 5.91 Å². The fourth-order valence-corrected chi connectivity index (χ4v) is 2.25. The quantitative estimate of drug-likeness (QED) is 0.619. The molecule has 0 aromatic heterocycles. The van der Waals surface area contributed by atoms with Crippen LogP contribution in [0.1, 0.15) is 22.8 Å². The SMILES string of the molecule is C[C@H](OC(=O)c1cc(Br)ccc1N)C(=O)Nc1cccc(C#N)c1. The zero-order valence-corrected chi connectivity index (χ0v) is 14.3. The number of halogens is 1. The number of carbonyl (C=O) groups is 2. The lowest BCUT2D eigenvalue weighted by molar-refractivity contribution is -0.123. The van der Waals surface area contributed by atoms with Crippen molar-refractivity contribution in [3.63, 3.8) is 0 Å². The monoisotopic (exact) mass is 387 g/mol. The Kier molecular flexibility index (Phi) is 5.55. The Hall–Kier alpha value is -2.85. The Labute approximate surface area is 147 Å². The summed E-state index contributed by atoms with van der Waals surface area (Å²) in [6, 6.07) is 13.2. The summed E-state index contributed by atoms with van der Waals surface area (Å²) in [5, 5.41) is 11.4. The van der Waals surface area contributed by atoms with E-state index in [0.29, 0.717) is 15.7 Å². The Balaban J connectivity index is 2.04. The van der Waals surface area contributed by atoms with Gasteiger partial charge < -0.3 is 15.8 Å². The van der Waals surface area contributed by atoms with Crippen LogP contribution in [0.3, 0.4) is 0 Å². The molecule has 0 saturated carbocycles. The van der Waals surface area contributed by atoms with E-state index in [0.717, 1.165) is 0 Å². The molecule has 0 aliphatic carbocycles. The fourth-order valence-electron chi connectivity index (χ4n) is 1.89. The second kappa shape index (κ2) is 7.62. The molecule has 24 heavy (non-hydrogen) atoms. The van der Waals surface area contributed by atoms with Gasteiger partial charge in [0.2, 0.25) is 0 Å². The van der Waals surface area contributed by atoms with Crippen molar-refractivity contribution in [1.29, 1.82) is 5.26 Å². The summed E-state index contributed by atoms with van der Waals surface area (Å²) in [4.78, 5) is 24.3. The van der Waals surface area contributed by atoms with Crippen LogP contribution in [0.15, 0.2) is 46.9 Å². The average molecular weight is 388 g/mol. The van der Waals surface area contributed by atoms with Crippen LogP contribution in [0.2, 0.25) is 0 Å². The highest BCUT2D eigenvalue weighted by Crippen LogP contribution is 2.20. The molecule has 0 heterocycles. The number of nitrogens with zero attached hydrogens (tertiary/aromatic N) is 1. The summed E-state index contributed by atoms with van der Waals surface area (Å²) < 4.78 is 5.82. The summed E-state index contributed by atoms with van der Waals surface area (Å²) in [6.45, 7) is 1.45. The van der Waals surface area contributed by atoms with Gasteiger partial charge in [-0.25, -0.2) is 4.79 Å². The molecule has 0 bridgehead atoms. The number of carbonyl (C=O) groups excluding carboxylic acids is 2. The van der Waals surface area contributed by atoms with Gasteiger partial charge >= 0.3 is 5.97 Å². The fraction of sp³-hybridized carbons (Fsp3) is 0.118. The standard InChI is InChI=1S/C17H14BrN3O3/c1-10(16(22)21-13-4-2-3-11(7-13)9-19)24-17(23)14-8-12(18)5-6-15(14)20/h2-8,10H,20H2,1H3,(H,21,22)/t10-/m0/s1. The predicted molar refractivity (Wildman–Crippen MR) is 93.2 cm³/mol. The molecule has 122 valence electrons. The number of anilines is 2. The molecule has 1 atom stereocenters. The van der Waals surface area contributed by atoms with Crippen LogP contribution < -0.4 is 11.1 Å². The van der Waals surface area contributed by atoms with Crippen molar-refractivity contribution in [3.8, 4) is 6.07 Å². The van der Waals surface area contributed by atoms with E-state index in [-0.39, 0.29) is 11.3 Å². The maximum atomic E-state index is 12.1. The van der Waals surface area contributed by atoms with Crippen LogP contribution in [0, 0.1) is 11.3 Å². The Morgan fingerprint density at radius 1 is 1.29 bits per heavy atom. The van der Waals surface area contributed by atoms with Crippen LogP contribution in [0.5, 0.6) is 0 Å². The van der Waals surface area contributed by atoms with E-state index in [9.17, 15) is 9.59 Å². The number of amides is 1. The van der Waals surface area contributed by atoms with Crippen LogP contribution in [0.25, 0.3) is 0 Å². The van der Waals surface area contributed by atoms with Crippen molar-refractivity contribution in [2.75, 3.05) is 11.1 Å². The minimum absolute atomic E-state index is 0.176. The second-order valence-corrected chi connectivity index (χ2v) is 5.88. The topological polar surface area (TPSA) is 105 Å². The zero-order chi connectivity index (χ0) is 17.7. The molecule has 2 rings (SSSR count). The lowest BCUT2D eigenvalue weighted by atomic mass is 10.2. The smallest absolute Gasteiger partial charge is 0.341 e. The molecule has 3 N–H and O–H groups in total. The maximum absolute atomic E-state index is 12.1. The molecule has 0 aliphatic heterocycles. The Morgan fingerprint density at radius 3 is 2.75 bits per heavy atom. The highest BCUT2D eigenvalue weighted by atomic mass is 79.9. The molecular formula is C17H14BrN3O3. The number of nitrogens with two attached hydrogens (primary N) is 1. The molecule has 0 unspecified atom stereocenters. The third kappa shape index (κ3) is 4.33. The highest BCUT2D eigenvalue weighted by molar-refractivity contribution is 9.10. The molecule has 7 heteroatoms. The molecule has 1 amide bonds. The van der Waals surface area contributed by atoms with E-state index in [4.69, 9.17) is 15.7 Å². The van der Waals surface area contributed by atoms with E-state index < -0.39 is 18.0 Å². The maximum Gasteiger partial charge on any atom is 0.341 e. The van der Waals surface area contributed by atoms with Crippen molar-refractivity contribution in [3.05, 3.63) is 58.1 Å². The van der Waals surface area contributed by atoms with Gasteiger partial charge in [-0.15, -0.1) is 0 Å². The third-order valence-electron chi connectivity index (χ3n) is 3.15. The highest BCUT2D eigenvalue weighted by Gasteiger charge is 2.20. The third-order valence-corrected chi connectivity index (χ3v) is 3.64. The summed E-state index contributed by atoms with van der Waals surface area (Å²) >= 11 is 3.25. The van der Waals surface area contributed by atoms with Crippen LogP contribution >= 0.6 is 15.9 Å². The second-order valence-electron chi connectivity index (χ2n) is 4.96. The van der Waals surface area contributed by atoms with E-state index in [1.807, 2.05) is 6.07 Å². The molecule has 0 fully saturated rings. The van der Waals surface area contributed by atoms with Crippen molar-refractivity contribution in [2.24, 2.45) is 0 Å². The molecule has 0 spiro atoms. The number of benzene rings is 2. The van der Waals surface area contributed by atoms with E-state index in [2.05, 4.69) is 21.2 Å².